The molecule has 0 aliphatic rings. The Morgan fingerprint density at radius 1 is 1.59 bits per heavy atom. The molecule has 0 aliphatic heterocycles. The van der Waals surface area contributed by atoms with Crippen LogP contribution < -0.4 is 5.32 Å². The molecule has 1 heterocycles. The number of carboxylic acids is 1. The molecule has 0 bridgehead atoms. The lowest BCUT2D eigenvalue weighted by Crippen LogP contribution is -2.25. The van der Waals surface area contributed by atoms with Gasteiger partial charge in [-0.2, -0.15) is 18.3 Å². The maximum atomic E-state index is 12.1. The molecule has 0 radical (unpaired) electrons. The van der Waals surface area contributed by atoms with Gasteiger partial charge in [0.05, 0.1) is 12.6 Å². The van der Waals surface area contributed by atoms with Crippen LogP contribution in [0.1, 0.15) is 23.7 Å². The van der Waals surface area contributed by atoms with E-state index < -0.39 is 24.6 Å². The highest BCUT2D eigenvalue weighted by Crippen LogP contribution is 2.23. The van der Waals surface area contributed by atoms with E-state index in [0.717, 1.165) is 12.3 Å². The third kappa shape index (κ3) is 4.25. The van der Waals surface area contributed by atoms with Gasteiger partial charge in [-0.25, -0.2) is 4.79 Å². The van der Waals surface area contributed by atoms with E-state index in [1.54, 1.807) is 0 Å². The molecule has 2 N–H and O–H groups in total. The van der Waals surface area contributed by atoms with Gasteiger partial charge >= 0.3 is 12.1 Å². The van der Waals surface area contributed by atoms with Crippen molar-refractivity contribution < 1.29 is 23.1 Å². The van der Waals surface area contributed by atoms with Gasteiger partial charge in [-0.3, -0.25) is 0 Å². The minimum Gasteiger partial charge on any atom is -0.478 e. The quantitative estimate of drug-likeness (QED) is 0.852. The average Bonchev–Trinajstić information content (AvgIpc) is 2.14. The maximum Gasteiger partial charge on any atom is 0.391 e. The molecule has 0 amide bonds. The van der Waals surface area contributed by atoms with Gasteiger partial charge in [0.1, 0.15) is 5.56 Å². The van der Waals surface area contributed by atoms with Crippen LogP contribution in [0.25, 0.3) is 0 Å². The van der Waals surface area contributed by atoms with Gasteiger partial charge in [0.2, 0.25) is 0 Å². The Labute approximate surface area is 94.7 Å². The minimum atomic E-state index is -4.32. The first-order chi connectivity index (χ1) is 7.79. The second-order valence-electron chi connectivity index (χ2n) is 3.46. The Bertz CT molecular complexity index is 409. The Morgan fingerprint density at radius 3 is 2.76 bits per heavy atom. The molecule has 5 nitrogen and oxygen atoms in total. The largest absolute Gasteiger partial charge is 0.478 e. The van der Waals surface area contributed by atoms with Crippen molar-refractivity contribution in [1.29, 1.82) is 0 Å². The van der Waals surface area contributed by atoms with Gasteiger partial charge in [0.25, 0.3) is 0 Å². The lowest BCUT2D eigenvalue weighted by Gasteiger charge is -2.16. The number of carbonyl (C=O) groups is 1. The third-order valence-electron chi connectivity index (χ3n) is 1.87. The van der Waals surface area contributed by atoms with Gasteiger partial charge < -0.3 is 10.4 Å². The summed E-state index contributed by atoms with van der Waals surface area (Å²) in [5.74, 6) is -1.45. The van der Waals surface area contributed by atoms with Crippen LogP contribution in [0, 0.1) is 0 Å². The number of carboxylic acid groups (broad SMARTS) is 1. The Morgan fingerprint density at radius 2 is 2.24 bits per heavy atom. The summed E-state index contributed by atoms with van der Waals surface area (Å²) in [5, 5.41) is 18.0. The van der Waals surface area contributed by atoms with E-state index in [1.807, 2.05) is 0 Å². The van der Waals surface area contributed by atoms with E-state index in [-0.39, 0.29) is 11.4 Å². The third-order valence-corrected chi connectivity index (χ3v) is 1.87. The van der Waals surface area contributed by atoms with Crippen molar-refractivity contribution in [3.63, 3.8) is 0 Å². The number of alkyl halides is 3. The molecule has 1 rings (SSSR count). The lowest BCUT2D eigenvalue weighted by molar-refractivity contribution is -0.136. The molecule has 0 aliphatic carbocycles. The first kappa shape index (κ1) is 13.2. The molecule has 0 saturated heterocycles. The van der Waals surface area contributed by atoms with Crippen molar-refractivity contribution in [2.75, 3.05) is 5.32 Å². The number of hydrogen-bond acceptors (Lipinski definition) is 4. The molecule has 0 spiro atoms. The molecule has 0 saturated carbocycles. The van der Waals surface area contributed by atoms with Gasteiger partial charge in [0, 0.05) is 6.04 Å². The summed E-state index contributed by atoms with van der Waals surface area (Å²) in [6, 6.07) is 0.183. The number of aromatic nitrogens is 2. The van der Waals surface area contributed by atoms with E-state index in [0.29, 0.717) is 0 Å². The summed E-state index contributed by atoms with van der Waals surface area (Å²) in [6.07, 6.45) is -4.25. The predicted molar refractivity (Wildman–Crippen MR) is 52.7 cm³/mol. The molecule has 0 fully saturated rings. The van der Waals surface area contributed by atoms with E-state index in [2.05, 4.69) is 15.5 Å². The Balaban J connectivity index is 2.78. The lowest BCUT2D eigenvalue weighted by atomic mass is 10.2. The van der Waals surface area contributed by atoms with Crippen LogP contribution in [0.3, 0.4) is 0 Å². The number of anilines is 1. The molecule has 17 heavy (non-hydrogen) atoms. The molecule has 1 unspecified atom stereocenters. The number of rotatable bonds is 4. The fourth-order valence-electron chi connectivity index (χ4n) is 1.24. The number of nitrogens with one attached hydrogen (secondary N) is 1. The van der Waals surface area contributed by atoms with E-state index in [4.69, 9.17) is 5.11 Å². The predicted octanol–water partition coefficient (Wildman–Crippen LogP) is 1.93. The molecular formula is C9H10F3N3O2. The summed E-state index contributed by atoms with van der Waals surface area (Å²) < 4.78 is 36.2. The highest BCUT2D eigenvalue weighted by molar-refractivity contribution is 5.92. The zero-order chi connectivity index (χ0) is 13.1. The summed E-state index contributed by atoms with van der Waals surface area (Å²) in [5.41, 5.74) is -0.214. The van der Waals surface area contributed by atoms with E-state index >= 15 is 0 Å². The number of nitrogens with zero attached hydrogens (tertiary/aromatic N) is 2. The maximum absolute atomic E-state index is 12.1. The summed E-state index contributed by atoms with van der Waals surface area (Å²) >= 11 is 0. The zero-order valence-corrected chi connectivity index (χ0v) is 8.82. The Hall–Kier alpha value is -1.86. The topological polar surface area (TPSA) is 75.1 Å². The van der Waals surface area contributed by atoms with Crippen LogP contribution in [0.5, 0.6) is 0 Å². The normalized spacial score (nSPS) is 13.2. The van der Waals surface area contributed by atoms with E-state index in [9.17, 15) is 18.0 Å². The van der Waals surface area contributed by atoms with Gasteiger partial charge in [0.15, 0.2) is 5.82 Å². The number of aromatic carboxylic acids is 1. The van der Waals surface area contributed by atoms with Crippen LogP contribution in [-0.2, 0) is 0 Å². The zero-order valence-electron chi connectivity index (χ0n) is 8.82. The summed E-state index contributed by atoms with van der Waals surface area (Å²) in [4.78, 5) is 10.8. The van der Waals surface area contributed by atoms with Crippen LogP contribution in [0.15, 0.2) is 12.3 Å². The van der Waals surface area contributed by atoms with Crippen molar-refractivity contribution in [2.45, 2.75) is 25.6 Å². The average molecular weight is 249 g/mol. The molecule has 1 atom stereocenters. The highest BCUT2D eigenvalue weighted by atomic mass is 19.4. The first-order valence-corrected chi connectivity index (χ1v) is 4.68. The summed E-state index contributed by atoms with van der Waals surface area (Å²) in [7, 11) is 0. The summed E-state index contributed by atoms with van der Waals surface area (Å²) in [6.45, 7) is 1.29. The smallest absolute Gasteiger partial charge is 0.391 e. The fourth-order valence-corrected chi connectivity index (χ4v) is 1.24. The minimum absolute atomic E-state index is 0.170. The van der Waals surface area contributed by atoms with Gasteiger partial charge in [-0.1, -0.05) is 0 Å². The second-order valence-corrected chi connectivity index (χ2v) is 3.46. The van der Waals surface area contributed by atoms with Crippen molar-refractivity contribution in [3.8, 4) is 0 Å². The molecule has 1 aromatic heterocycles. The second kappa shape index (κ2) is 4.98. The van der Waals surface area contributed by atoms with Crippen LogP contribution in [0.2, 0.25) is 0 Å². The van der Waals surface area contributed by atoms with Crippen molar-refractivity contribution in [3.05, 3.63) is 17.8 Å². The molecule has 1 aromatic rings. The SMILES string of the molecule is CC(CC(F)(F)F)Nc1nnccc1C(=O)O. The number of hydrogen-bond donors (Lipinski definition) is 2. The van der Waals surface area contributed by atoms with Crippen LogP contribution in [-0.4, -0.2) is 33.5 Å². The highest BCUT2D eigenvalue weighted by Gasteiger charge is 2.30. The standard InChI is InChI=1S/C9H10F3N3O2/c1-5(4-9(10,11)12)14-7-6(8(16)17)2-3-13-15-7/h2-3,5H,4H2,1H3,(H,14,15)(H,16,17). The van der Waals surface area contributed by atoms with Crippen molar-refractivity contribution >= 4 is 11.8 Å². The molecule has 8 heteroatoms. The van der Waals surface area contributed by atoms with Crippen LogP contribution >= 0.6 is 0 Å². The first-order valence-electron chi connectivity index (χ1n) is 4.68. The van der Waals surface area contributed by atoms with Crippen LogP contribution in [0.4, 0.5) is 19.0 Å². The van der Waals surface area contributed by atoms with Crippen molar-refractivity contribution in [1.82, 2.24) is 10.2 Å². The molecular weight excluding hydrogens is 239 g/mol. The number of halogens is 3. The van der Waals surface area contributed by atoms with Gasteiger partial charge in [-0.05, 0) is 13.0 Å². The molecule has 94 valence electrons. The monoisotopic (exact) mass is 249 g/mol. The van der Waals surface area contributed by atoms with E-state index in [1.165, 1.54) is 6.92 Å². The van der Waals surface area contributed by atoms with Crippen molar-refractivity contribution in [2.24, 2.45) is 0 Å². The fraction of sp³-hybridized carbons (Fsp3) is 0.444. The Kier molecular flexibility index (Phi) is 3.87. The molecule has 0 aromatic carbocycles. The van der Waals surface area contributed by atoms with Gasteiger partial charge in [-0.15, -0.1) is 5.10 Å².